The molecule has 1 heterocycles. The van der Waals surface area contributed by atoms with Gasteiger partial charge in [-0.1, -0.05) is 40.9 Å². The van der Waals surface area contributed by atoms with Crippen molar-refractivity contribution < 1.29 is 13.0 Å². The largest absolute Gasteiger partial charge is 0.369 e. The van der Waals surface area contributed by atoms with Crippen molar-refractivity contribution in [1.82, 2.24) is 9.55 Å². The summed E-state index contributed by atoms with van der Waals surface area (Å²) in [6.45, 7) is 3.22. The van der Waals surface area contributed by atoms with Crippen LogP contribution in [0.15, 0.2) is 46.1 Å². The van der Waals surface area contributed by atoms with E-state index in [0.29, 0.717) is 5.56 Å². The zero-order valence-corrected chi connectivity index (χ0v) is 17.1. The number of rotatable bonds is 3. The fourth-order valence-electron chi connectivity index (χ4n) is 2.84. The highest BCUT2D eigenvalue weighted by Gasteiger charge is 2.23. The number of nitrogens with two attached hydrogens (primary N) is 1. The number of nitrogen functional groups attached to an aromatic ring is 1. The highest BCUT2D eigenvalue weighted by atomic mass is 35.5. The zero-order chi connectivity index (χ0) is 20.8. The van der Waals surface area contributed by atoms with Crippen LogP contribution in [-0.4, -0.2) is 22.5 Å². The van der Waals surface area contributed by atoms with Crippen molar-refractivity contribution in [3.8, 4) is 16.9 Å². The molecule has 7 nitrogen and oxygen atoms in total. The van der Waals surface area contributed by atoms with Crippen molar-refractivity contribution in [2.24, 2.45) is 0 Å². The second-order valence-electron chi connectivity index (χ2n) is 6.13. The van der Waals surface area contributed by atoms with Crippen LogP contribution < -0.4 is 11.3 Å². The molecule has 0 amide bonds. The third-order valence-corrected chi connectivity index (χ3v) is 5.90. The molecular weight excluding hydrogens is 425 g/mol. The van der Waals surface area contributed by atoms with Gasteiger partial charge in [-0.25, -0.2) is 9.55 Å². The third kappa shape index (κ3) is 3.51. The number of hydrogen-bond donors (Lipinski definition) is 2. The Bertz CT molecular complexity index is 1270. The van der Waals surface area contributed by atoms with E-state index in [1.807, 2.05) is 0 Å². The monoisotopic (exact) mass is 439 g/mol. The summed E-state index contributed by atoms with van der Waals surface area (Å²) in [7, 11) is -4.54. The van der Waals surface area contributed by atoms with Crippen molar-refractivity contribution in [2.75, 3.05) is 5.73 Å². The van der Waals surface area contributed by atoms with Crippen molar-refractivity contribution in [3.63, 3.8) is 0 Å². The molecule has 0 aliphatic heterocycles. The molecule has 28 heavy (non-hydrogen) atoms. The second kappa shape index (κ2) is 7.21. The first kappa shape index (κ1) is 20.3. The van der Waals surface area contributed by atoms with Gasteiger partial charge in [0.05, 0.1) is 21.4 Å². The van der Waals surface area contributed by atoms with E-state index in [4.69, 9.17) is 28.9 Å². The van der Waals surface area contributed by atoms with Crippen LogP contribution in [0.2, 0.25) is 10.0 Å². The van der Waals surface area contributed by atoms with Crippen LogP contribution in [0, 0.1) is 13.8 Å². The van der Waals surface area contributed by atoms with Gasteiger partial charge >= 0.3 is 0 Å². The molecule has 0 atom stereocenters. The molecule has 3 rings (SSSR count). The first-order valence-electron chi connectivity index (χ1n) is 7.94. The van der Waals surface area contributed by atoms with Gasteiger partial charge in [0, 0.05) is 11.1 Å². The van der Waals surface area contributed by atoms with Crippen LogP contribution >= 0.6 is 23.2 Å². The summed E-state index contributed by atoms with van der Waals surface area (Å²) in [6.07, 6.45) is 0. The summed E-state index contributed by atoms with van der Waals surface area (Å²) in [5, 5.41) is 0.362. The van der Waals surface area contributed by atoms with Gasteiger partial charge in [-0.05, 0) is 38.1 Å². The normalized spacial score (nSPS) is 11.6. The summed E-state index contributed by atoms with van der Waals surface area (Å²) in [6, 6.07) is 9.01. The molecule has 146 valence electrons. The van der Waals surface area contributed by atoms with Crippen LogP contribution in [0.1, 0.15) is 11.1 Å². The molecule has 0 spiro atoms. The van der Waals surface area contributed by atoms with Crippen molar-refractivity contribution in [2.45, 2.75) is 18.7 Å². The highest BCUT2D eigenvalue weighted by Crippen LogP contribution is 2.32. The summed E-state index contributed by atoms with van der Waals surface area (Å²) in [5.41, 5.74) is 6.68. The summed E-state index contributed by atoms with van der Waals surface area (Å²) in [5.74, 6) is -0.211. The molecule has 2 aromatic carbocycles. The van der Waals surface area contributed by atoms with Gasteiger partial charge in [0.15, 0.2) is 0 Å². The number of aryl methyl sites for hydroxylation is 1. The highest BCUT2D eigenvalue weighted by molar-refractivity contribution is 7.86. The Labute approximate surface area is 171 Å². The average molecular weight is 440 g/mol. The number of hydrogen-bond acceptors (Lipinski definition) is 5. The maximum atomic E-state index is 13.0. The van der Waals surface area contributed by atoms with Crippen molar-refractivity contribution in [1.29, 1.82) is 0 Å². The fraction of sp³-hybridized carbons (Fsp3) is 0.111. The Morgan fingerprint density at radius 2 is 1.82 bits per heavy atom. The third-order valence-electron chi connectivity index (χ3n) is 4.17. The Hall–Kier alpha value is -2.39. The SMILES string of the molecule is Cc1ccc(S(=O)(=O)O)c(-c2nc(N)n(-c3cccc(Cl)c3Cl)c(=O)c2C)c1. The molecule has 3 N–H and O–H groups in total. The van der Waals surface area contributed by atoms with E-state index in [2.05, 4.69) is 4.98 Å². The van der Waals surface area contributed by atoms with Gasteiger partial charge in [-0.15, -0.1) is 0 Å². The molecule has 0 saturated heterocycles. The first-order valence-corrected chi connectivity index (χ1v) is 10.1. The lowest BCUT2D eigenvalue weighted by Gasteiger charge is -2.16. The van der Waals surface area contributed by atoms with E-state index in [1.165, 1.54) is 25.1 Å². The second-order valence-corrected chi connectivity index (χ2v) is 8.31. The number of nitrogens with zero attached hydrogens (tertiary/aromatic N) is 2. The Morgan fingerprint density at radius 3 is 2.46 bits per heavy atom. The molecule has 10 heteroatoms. The van der Waals surface area contributed by atoms with E-state index in [1.54, 1.807) is 25.1 Å². The maximum Gasteiger partial charge on any atom is 0.295 e. The summed E-state index contributed by atoms with van der Waals surface area (Å²) in [4.78, 5) is 16.9. The molecule has 0 radical (unpaired) electrons. The minimum Gasteiger partial charge on any atom is -0.369 e. The number of anilines is 1. The molecule has 0 aliphatic carbocycles. The minimum atomic E-state index is -4.54. The number of benzene rings is 2. The molecule has 0 bridgehead atoms. The first-order chi connectivity index (χ1) is 13.0. The molecule has 1 aromatic heterocycles. The number of aromatic nitrogens is 2. The predicted molar refractivity (Wildman–Crippen MR) is 109 cm³/mol. The molecule has 3 aromatic rings. The lowest BCUT2D eigenvalue weighted by atomic mass is 10.1. The van der Waals surface area contributed by atoms with E-state index < -0.39 is 15.7 Å². The smallest absolute Gasteiger partial charge is 0.295 e. The predicted octanol–water partition coefficient (Wildman–Crippen LogP) is 3.65. The maximum absolute atomic E-state index is 13.0. The molecule has 0 saturated carbocycles. The zero-order valence-electron chi connectivity index (χ0n) is 14.8. The average Bonchev–Trinajstić information content (AvgIpc) is 2.60. The van der Waals surface area contributed by atoms with Crippen LogP contribution in [0.25, 0.3) is 16.9 Å². The lowest BCUT2D eigenvalue weighted by molar-refractivity contribution is 0.483. The minimum absolute atomic E-state index is 0.0493. The van der Waals surface area contributed by atoms with E-state index in [9.17, 15) is 17.8 Å². The summed E-state index contributed by atoms with van der Waals surface area (Å²) < 4.78 is 34.2. The van der Waals surface area contributed by atoms with Crippen molar-refractivity contribution in [3.05, 3.63) is 67.9 Å². The van der Waals surface area contributed by atoms with Crippen LogP contribution in [0.4, 0.5) is 5.95 Å². The van der Waals surface area contributed by atoms with Crippen LogP contribution in [0.3, 0.4) is 0 Å². The van der Waals surface area contributed by atoms with Crippen molar-refractivity contribution >= 4 is 39.3 Å². The fourth-order valence-corrected chi connectivity index (χ4v) is 3.89. The summed E-state index contributed by atoms with van der Waals surface area (Å²) >= 11 is 12.2. The van der Waals surface area contributed by atoms with E-state index in [-0.39, 0.29) is 43.4 Å². The molecule has 0 fully saturated rings. The van der Waals surface area contributed by atoms with E-state index >= 15 is 0 Å². The topological polar surface area (TPSA) is 115 Å². The number of halogens is 2. The van der Waals surface area contributed by atoms with E-state index in [0.717, 1.165) is 4.57 Å². The molecule has 0 unspecified atom stereocenters. The molecular formula is C18H15Cl2N3O4S. The van der Waals surface area contributed by atoms with Crippen LogP contribution in [-0.2, 0) is 10.1 Å². The van der Waals surface area contributed by atoms with Gasteiger partial charge < -0.3 is 5.73 Å². The van der Waals surface area contributed by atoms with Gasteiger partial charge in [-0.3, -0.25) is 9.35 Å². The standard InChI is InChI=1S/C18H15Cl2N3O4S/c1-9-6-7-14(28(25,26)27)11(8-9)16-10(2)17(24)23(18(21)22-16)13-5-3-4-12(19)15(13)20/h3-8H,1-2H3,(H2,21,22)(H,25,26,27). The molecule has 0 aliphatic rings. The quantitative estimate of drug-likeness (QED) is 0.601. The van der Waals surface area contributed by atoms with Gasteiger partial charge in [-0.2, -0.15) is 8.42 Å². The Morgan fingerprint density at radius 1 is 1.14 bits per heavy atom. The van der Waals surface area contributed by atoms with Gasteiger partial charge in [0.1, 0.15) is 4.90 Å². The Kier molecular flexibility index (Phi) is 5.24. The lowest BCUT2D eigenvalue weighted by Crippen LogP contribution is -2.26. The van der Waals surface area contributed by atoms with Crippen LogP contribution in [0.5, 0.6) is 0 Å². The van der Waals surface area contributed by atoms with Gasteiger partial charge in [0.25, 0.3) is 15.7 Å². The van der Waals surface area contributed by atoms with Gasteiger partial charge in [0.2, 0.25) is 5.95 Å². The Balaban J connectivity index is 2.36.